The molecule has 11 rings (SSSR count). The van der Waals surface area contributed by atoms with Gasteiger partial charge in [0.05, 0.1) is 11.1 Å². The highest BCUT2D eigenvalue weighted by Crippen LogP contribution is 2.56. The van der Waals surface area contributed by atoms with E-state index in [0.717, 1.165) is 27.9 Å². The molecule has 3 heteroatoms. The average Bonchev–Trinajstić information content (AvgIpc) is 3.70. The Balaban J connectivity index is 0.882. The van der Waals surface area contributed by atoms with Gasteiger partial charge in [0.15, 0.2) is 0 Å². The molecule has 0 radical (unpaired) electrons. The van der Waals surface area contributed by atoms with E-state index >= 15 is 0 Å². The second-order valence-electron chi connectivity index (χ2n) is 17.1. The summed E-state index contributed by atoms with van der Waals surface area (Å²) < 4.78 is 0. The van der Waals surface area contributed by atoms with Crippen molar-refractivity contribution < 1.29 is 0 Å². The summed E-state index contributed by atoms with van der Waals surface area (Å²) >= 11 is 0. The zero-order valence-corrected chi connectivity index (χ0v) is 36.6. The van der Waals surface area contributed by atoms with Gasteiger partial charge >= 0.3 is 0 Å². The minimum absolute atomic E-state index is 0.434. The van der Waals surface area contributed by atoms with Crippen molar-refractivity contribution in [2.75, 3.05) is 5.01 Å². The van der Waals surface area contributed by atoms with Crippen LogP contribution < -0.4 is 16.2 Å². The van der Waals surface area contributed by atoms with E-state index in [1.54, 1.807) is 0 Å². The molecular formula is C63H49N3. The number of fused-ring (bicyclic) bond motifs is 3. The third-order valence-corrected chi connectivity index (χ3v) is 13.3. The topological polar surface area (TPSA) is 41.3 Å². The van der Waals surface area contributed by atoms with E-state index in [0.29, 0.717) is 6.54 Å². The van der Waals surface area contributed by atoms with Crippen LogP contribution in [0.25, 0.3) is 55.6 Å². The normalized spacial score (nSPS) is 12.8. The van der Waals surface area contributed by atoms with E-state index in [9.17, 15) is 0 Å². The maximum atomic E-state index is 7.15. The number of hydrogen-bond acceptors (Lipinski definition) is 3. The predicted molar refractivity (Wildman–Crippen MR) is 275 cm³/mol. The van der Waals surface area contributed by atoms with E-state index < -0.39 is 11.6 Å². The lowest BCUT2D eigenvalue weighted by Crippen LogP contribution is -2.44. The van der Waals surface area contributed by atoms with Gasteiger partial charge < -0.3 is 5.73 Å². The minimum Gasteiger partial charge on any atom is -0.306 e. The first-order valence-corrected chi connectivity index (χ1v) is 22.8. The molecule has 3 nitrogen and oxygen atoms in total. The Morgan fingerprint density at radius 1 is 0.364 bits per heavy atom. The van der Waals surface area contributed by atoms with Crippen LogP contribution in [-0.2, 0) is 12.0 Å². The highest BCUT2D eigenvalue weighted by atomic mass is 15.5. The first-order valence-electron chi connectivity index (χ1n) is 22.8. The summed E-state index contributed by atoms with van der Waals surface area (Å²) in [6.07, 6.45) is -0.439. The fourth-order valence-electron chi connectivity index (χ4n) is 9.92. The average molecular weight is 848 g/mol. The van der Waals surface area contributed by atoms with Crippen molar-refractivity contribution in [3.63, 3.8) is 0 Å². The molecule has 0 aromatic heterocycles. The van der Waals surface area contributed by atoms with Crippen LogP contribution in [0.5, 0.6) is 0 Å². The lowest BCUT2D eigenvalue weighted by molar-refractivity contribution is 0.536. The zero-order chi connectivity index (χ0) is 44.3. The lowest BCUT2D eigenvalue weighted by Gasteiger charge is -2.34. The molecule has 10 aromatic rings. The number of hydrazine groups is 1. The van der Waals surface area contributed by atoms with Crippen LogP contribution >= 0.6 is 0 Å². The highest BCUT2D eigenvalue weighted by molar-refractivity contribution is 5.88. The van der Waals surface area contributed by atoms with Crippen LogP contribution in [0.2, 0.25) is 0 Å². The Labute approximate surface area is 388 Å². The van der Waals surface area contributed by atoms with Crippen LogP contribution in [0.3, 0.4) is 0 Å². The SMILES string of the molecule is NC(c1ccc(-c2ccccc2)cc1)N(NCc1ccc(-c2ccccc2)cc1)c1ccc(-c2ccc(-c3ccc4c(c3)C(c3ccccc3)(c3ccccc3)c3ccccc3-4)cc2)cc1. The molecule has 1 aliphatic rings. The molecule has 66 heavy (non-hydrogen) atoms. The molecule has 0 saturated heterocycles. The Hall–Kier alpha value is -8.08. The third-order valence-electron chi connectivity index (χ3n) is 13.3. The Kier molecular flexibility index (Phi) is 11.0. The quantitative estimate of drug-likeness (QED) is 0.0951. The van der Waals surface area contributed by atoms with E-state index in [1.165, 1.54) is 66.8 Å². The van der Waals surface area contributed by atoms with Crippen molar-refractivity contribution >= 4 is 5.69 Å². The van der Waals surface area contributed by atoms with Gasteiger partial charge in [-0.15, -0.1) is 0 Å². The van der Waals surface area contributed by atoms with Crippen molar-refractivity contribution in [2.45, 2.75) is 18.1 Å². The van der Waals surface area contributed by atoms with E-state index in [2.05, 4.69) is 259 Å². The van der Waals surface area contributed by atoms with Gasteiger partial charge in [0.1, 0.15) is 6.17 Å². The van der Waals surface area contributed by atoms with Crippen molar-refractivity contribution in [3.8, 4) is 55.6 Å². The molecule has 0 fully saturated rings. The molecule has 0 bridgehead atoms. The van der Waals surface area contributed by atoms with Crippen LogP contribution in [-0.4, -0.2) is 0 Å². The van der Waals surface area contributed by atoms with Gasteiger partial charge in [0, 0.05) is 6.54 Å². The van der Waals surface area contributed by atoms with Gasteiger partial charge in [-0.1, -0.05) is 243 Å². The molecule has 0 amide bonds. The van der Waals surface area contributed by atoms with Crippen LogP contribution in [0.1, 0.15) is 39.5 Å². The highest BCUT2D eigenvalue weighted by Gasteiger charge is 2.46. The summed E-state index contributed by atoms with van der Waals surface area (Å²) in [5.74, 6) is 0. The van der Waals surface area contributed by atoms with Crippen LogP contribution in [0, 0.1) is 0 Å². The summed E-state index contributed by atoms with van der Waals surface area (Å²) in [5.41, 5.74) is 30.7. The van der Waals surface area contributed by atoms with Crippen LogP contribution in [0.4, 0.5) is 5.69 Å². The maximum Gasteiger partial charge on any atom is 0.118 e. The fourth-order valence-corrected chi connectivity index (χ4v) is 9.92. The van der Waals surface area contributed by atoms with Gasteiger partial charge in [0.25, 0.3) is 0 Å². The monoisotopic (exact) mass is 847 g/mol. The van der Waals surface area contributed by atoms with Gasteiger partial charge in [-0.25, -0.2) is 5.43 Å². The molecule has 0 heterocycles. The Morgan fingerprint density at radius 3 is 1.30 bits per heavy atom. The molecule has 1 unspecified atom stereocenters. The minimum atomic E-state index is -0.439. The molecule has 316 valence electrons. The zero-order valence-electron chi connectivity index (χ0n) is 36.6. The summed E-state index contributed by atoms with van der Waals surface area (Å²) in [5, 5.41) is 2.09. The molecule has 0 spiro atoms. The van der Waals surface area contributed by atoms with Crippen LogP contribution in [0.15, 0.2) is 261 Å². The number of nitrogens with zero attached hydrogens (tertiary/aromatic N) is 1. The lowest BCUT2D eigenvalue weighted by atomic mass is 9.67. The van der Waals surface area contributed by atoms with Crippen molar-refractivity contribution in [3.05, 3.63) is 294 Å². The predicted octanol–water partition coefficient (Wildman–Crippen LogP) is 14.9. The maximum absolute atomic E-state index is 7.15. The van der Waals surface area contributed by atoms with E-state index in [1.807, 2.05) is 12.1 Å². The number of rotatable bonds is 12. The van der Waals surface area contributed by atoms with Gasteiger partial charge in [-0.3, -0.25) is 5.01 Å². The molecule has 0 saturated carbocycles. The Morgan fingerprint density at radius 2 is 0.758 bits per heavy atom. The fraction of sp³-hybridized carbons (Fsp3) is 0.0476. The molecule has 10 aromatic carbocycles. The number of hydrogen-bond donors (Lipinski definition) is 2. The van der Waals surface area contributed by atoms with Gasteiger partial charge in [-0.05, 0) is 107 Å². The van der Waals surface area contributed by atoms with Crippen molar-refractivity contribution in [1.29, 1.82) is 0 Å². The second-order valence-corrected chi connectivity index (χ2v) is 17.1. The molecule has 0 aliphatic heterocycles. The largest absolute Gasteiger partial charge is 0.306 e. The standard InChI is InChI=1S/C63H49N3/c64-62(53-35-33-49(34-36-53)47-17-7-2-8-18-47)66(65-44-45-25-27-48(28-26-45)46-15-5-1-6-16-46)57-40-37-51(38-41-57)50-29-31-52(32-30-50)54-39-42-59-58-23-13-14-24-60(58)63(61(59)43-54,55-19-9-3-10-20-55)56-21-11-4-12-22-56/h1-43,62,65H,44,64H2. The number of nitrogens with one attached hydrogen (secondary N) is 1. The summed E-state index contributed by atoms with van der Waals surface area (Å²) in [7, 11) is 0. The van der Waals surface area contributed by atoms with Gasteiger partial charge in [-0.2, -0.15) is 0 Å². The first-order chi connectivity index (χ1) is 32.6. The first kappa shape index (κ1) is 40.7. The van der Waals surface area contributed by atoms with E-state index in [-0.39, 0.29) is 0 Å². The summed E-state index contributed by atoms with van der Waals surface area (Å²) in [4.78, 5) is 0. The summed E-state index contributed by atoms with van der Waals surface area (Å²) in [6.45, 7) is 0.612. The Bertz CT molecular complexity index is 3160. The number of anilines is 1. The number of benzene rings is 10. The van der Waals surface area contributed by atoms with Crippen molar-refractivity contribution in [1.82, 2.24) is 5.43 Å². The van der Waals surface area contributed by atoms with E-state index in [4.69, 9.17) is 5.73 Å². The smallest absolute Gasteiger partial charge is 0.118 e. The third kappa shape index (κ3) is 7.61. The van der Waals surface area contributed by atoms with Gasteiger partial charge in [0.2, 0.25) is 0 Å². The number of nitrogens with two attached hydrogens (primary N) is 1. The second kappa shape index (κ2) is 17.8. The molecular weight excluding hydrogens is 799 g/mol. The molecule has 1 atom stereocenters. The van der Waals surface area contributed by atoms with Crippen molar-refractivity contribution in [2.24, 2.45) is 5.73 Å². The summed E-state index contributed by atoms with van der Waals surface area (Å²) in [6, 6.07) is 93.9. The molecule has 3 N–H and O–H groups in total. The molecule has 1 aliphatic carbocycles.